The maximum Gasteiger partial charge on any atom is 0.329 e. The summed E-state index contributed by atoms with van der Waals surface area (Å²) >= 11 is 0. The highest BCUT2D eigenvalue weighted by molar-refractivity contribution is 6.13. The molecule has 2 heterocycles. The Kier molecular flexibility index (Phi) is 4.95. The molecule has 1 N–H and O–H groups in total. The Morgan fingerprint density at radius 2 is 1.53 bits per heavy atom. The summed E-state index contributed by atoms with van der Waals surface area (Å²) in [6.45, 7) is 3.85. The smallest absolute Gasteiger partial charge is 0.318 e. The lowest BCUT2D eigenvalue weighted by Gasteiger charge is -2.11. The van der Waals surface area contributed by atoms with Gasteiger partial charge in [0.05, 0.1) is 6.54 Å². The van der Waals surface area contributed by atoms with Gasteiger partial charge in [-0.15, -0.1) is 0 Å². The maximum absolute atomic E-state index is 13.3. The fourth-order valence-electron chi connectivity index (χ4n) is 3.56. The molecule has 152 valence electrons. The van der Waals surface area contributed by atoms with E-state index in [-0.39, 0.29) is 23.9 Å². The molecule has 0 aliphatic carbocycles. The Labute approximate surface area is 172 Å². The minimum atomic E-state index is -0.525. The molecule has 1 aliphatic heterocycles. The van der Waals surface area contributed by atoms with Gasteiger partial charge in [0.25, 0.3) is 5.91 Å². The van der Waals surface area contributed by atoms with Crippen LogP contribution in [0.25, 0.3) is 11.8 Å². The molecule has 30 heavy (non-hydrogen) atoms. The van der Waals surface area contributed by atoms with Crippen LogP contribution in [0.15, 0.2) is 60.3 Å². The molecular weight excluding hydrogens is 388 g/mol. The van der Waals surface area contributed by atoms with Gasteiger partial charge in [-0.25, -0.2) is 13.6 Å². The fourth-order valence-corrected chi connectivity index (χ4v) is 3.56. The lowest BCUT2D eigenvalue weighted by Crippen LogP contribution is -2.30. The van der Waals surface area contributed by atoms with E-state index in [9.17, 15) is 18.4 Å². The van der Waals surface area contributed by atoms with Gasteiger partial charge in [0.15, 0.2) is 0 Å². The molecule has 0 bridgehead atoms. The van der Waals surface area contributed by atoms with Crippen molar-refractivity contribution in [3.05, 3.63) is 94.4 Å². The Morgan fingerprint density at radius 3 is 2.17 bits per heavy atom. The monoisotopic (exact) mass is 407 g/mol. The van der Waals surface area contributed by atoms with Gasteiger partial charge in [-0.1, -0.05) is 12.1 Å². The SMILES string of the molecule is Cc1cc(C=C2NC(=O)N(Cc3ccc(F)cc3)C2=O)c(C)n1-c1ccc(F)cc1. The topological polar surface area (TPSA) is 54.3 Å². The average Bonchev–Trinajstić information content (AvgIpc) is 3.14. The zero-order valence-corrected chi connectivity index (χ0v) is 16.4. The van der Waals surface area contributed by atoms with Gasteiger partial charge in [-0.2, -0.15) is 0 Å². The molecule has 0 spiro atoms. The lowest BCUT2D eigenvalue weighted by molar-refractivity contribution is -0.123. The lowest BCUT2D eigenvalue weighted by atomic mass is 10.2. The first kappa shape index (κ1) is 19.6. The van der Waals surface area contributed by atoms with Crippen LogP contribution in [0.2, 0.25) is 0 Å². The van der Waals surface area contributed by atoms with E-state index in [2.05, 4.69) is 5.32 Å². The van der Waals surface area contributed by atoms with E-state index in [1.165, 1.54) is 36.4 Å². The van der Waals surface area contributed by atoms with Crippen LogP contribution in [-0.2, 0) is 11.3 Å². The highest BCUT2D eigenvalue weighted by atomic mass is 19.1. The minimum Gasteiger partial charge on any atom is -0.318 e. The predicted molar refractivity (Wildman–Crippen MR) is 109 cm³/mol. The summed E-state index contributed by atoms with van der Waals surface area (Å²) in [7, 11) is 0. The molecule has 2 aromatic carbocycles. The fraction of sp³-hybridized carbons (Fsp3) is 0.130. The van der Waals surface area contributed by atoms with Crippen LogP contribution in [0.3, 0.4) is 0 Å². The third-order valence-electron chi connectivity index (χ3n) is 5.07. The second-order valence-electron chi connectivity index (χ2n) is 7.14. The number of carbonyl (C=O) groups is 2. The van der Waals surface area contributed by atoms with Crippen molar-refractivity contribution in [3.8, 4) is 5.69 Å². The van der Waals surface area contributed by atoms with Gasteiger partial charge in [0, 0.05) is 17.1 Å². The molecule has 3 amide bonds. The molecule has 0 unspecified atom stereocenters. The molecule has 5 nitrogen and oxygen atoms in total. The number of nitrogens with one attached hydrogen (secondary N) is 1. The summed E-state index contributed by atoms with van der Waals surface area (Å²) in [4.78, 5) is 26.1. The Morgan fingerprint density at radius 1 is 0.933 bits per heavy atom. The molecule has 0 radical (unpaired) electrons. The van der Waals surface area contributed by atoms with E-state index in [4.69, 9.17) is 0 Å². The van der Waals surface area contributed by atoms with E-state index >= 15 is 0 Å². The second kappa shape index (κ2) is 7.59. The van der Waals surface area contributed by atoms with Crippen LogP contribution in [0.4, 0.5) is 13.6 Å². The van der Waals surface area contributed by atoms with Crippen molar-refractivity contribution in [2.75, 3.05) is 0 Å². The van der Waals surface area contributed by atoms with E-state index < -0.39 is 11.9 Å². The molecule has 1 saturated heterocycles. The van der Waals surface area contributed by atoms with Crippen molar-refractivity contribution < 1.29 is 18.4 Å². The summed E-state index contributed by atoms with van der Waals surface area (Å²) in [6, 6.07) is 13.2. The van der Waals surface area contributed by atoms with Gasteiger partial charge < -0.3 is 9.88 Å². The van der Waals surface area contributed by atoms with Crippen molar-refractivity contribution in [2.24, 2.45) is 0 Å². The van der Waals surface area contributed by atoms with Crippen LogP contribution in [-0.4, -0.2) is 21.4 Å². The van der Waals surface area contributed by atoms with E-state index in [1.807, 2.05) is 24.5 Å². The number of halogens is 2. The predicted octanol–water partition coefficient (Wildman–Crippen LogP) is 4.47. The third-order valence-corrected chi connectivity index (χ3v) is 5.07. The summed E-state index contributed by atoms with van der Waals surface area (Å²) < 4.78 is 28.3. The van der Waals surface area contributed by atoms with Gasteiger partial charge in [-0.3, -0.25) is 9.69 Å². The van der Waals surface area contributed by atoms with Crippen LogP contribution in [0.5, 0.6) is 0 Å². The Balaban J connectivity index is 1.61. The number of urea groups is 1. The van der Waals surface area contributed by atoms with Crippen molar-refractivity contribution in [3.63, 3.8) is 0 Å². The normalized spacial score (nSPS) is 15.2. The quantitative estimate of drug-likeness (QED) is 0.513. The van der Waals surface area contributed by atoms with Crippen LogP contribution < -0.4 is 5.32 Å². The van der Waals surface area contributed by atoms with Gasteiger partial charge in [0.1, 0.15) is 17.3 Å². The van der Waals surface area contributed by atoms with Gasteiger partial charge in [-0.05, 0) is 73.5 Å². The number of benzene rings is 2. The van der Waals surface area contributed by atoms with Crippen LogP contribution in [0, 0.1) is 25.5 Å². The maximum atomic E-state index is 13.3. The largest absolute Gasteiger partial charge is 0.329 e. The average molecular weight is 407 g/mol. The number of amides is 3. The van der Waals surface area contributed by atoms with E-state index in [0.29, 0.717) is 5.56 Å². The van der Waals surface area contributed by atoms with Crippen LogP contribution >= 0.6 is 0 Å². The minimum absolute atomic E-state index is 0.0525. The molecular formula is C23H19F2N3O2. The first-order chi connectivity index (χ1) is 14.3. The molecule has 0 saturated carbocycles. The number of hydrogen-bond donors (Lipinski definition) is 1. The number of aromatic nitrogens is 1. The summed E-state index contributed by atoms with van der Waals surface area (Å²) in [6.07, 6.45) is 1.63. The number of rotatable bonds is 4. The van der Waals surface area contributed by atoms with Crippen molar-refractivity contribution in [1.82, 2.24) is 14.8 Å². The van der Waals surface area contributed by atoms with Gasteiger partial charge in [0.2, 0.25) is 0 Å². The number of hydrogen-bond acceptors (Lipinski definition) is 2. The van der Waals surface area contributed by atoms with Crippen molar-refractivity contribution in [2.45, 2.75) is 20.4 Å². The zero-order chi connectivity index (χ0) is 21.4. The highest BCUT2D eigenvalue weighted by Crippen LogP contribution is 2.24. The van der Waals surface area contributed by atoms with Gasteiger partial charge >= 0.3 is 6.03 Å². The number of imide groups is 1. The first-order valence-corrected chi connectivity index (χ1v) is 9.37. The Bertz CT molecular complexity index is 1160. The zero-order valence-electron chi connectivity index (χ0n) is 16.4. The summed E-state index contributed by atoms with van der Waals surface area (Å²) in [5, 5.41) is 2.60. The van der Waals surface area contributed by atoms with E-state index in [0.717, 1.165) is 27.5 Å². The summed E-state index contributed by atoms with van der Waals surface area (Å²) in [5.74, 6) is -1.15. The number of carbonyl (C=O) groups excluding carboxylic acids is 2. The van der Waals surface area contributed by atoms with Crippen molar-refractivity contribution in [1.29, 1.82) is 0 Å². The first-order valence-electron chi connectivity index (χ1n) is 9.37. The molecule has 1 aliphatic rings. The molecule has 4 rings (SSSR count). The molecule has 3 aromatic rings. The highest BCUT2D eigenvalue weighted by Gasteiger charge is 2.33. The molecule has 0 atom stereocenters. The Hall–Kier alpha value is -3.74. The standard InChI is InChI=1S/C23H19F2N3O2/c1-14-11-17(15(2)28(14)20-9-7-19(25)8-10-20)12-21-22(29)27(23(30)26-21)13-16-3-5-18(24)6-4-16/h3-12H,13H2,1-2H3,(H,26,30). The number of aryl methyl sites for hydroxylation is 1. The molecule has 7 heteroatoms. The molecule has 1 fully saturated rings. The van der Waals surface area contributed by atoms with E-state index in [1.54, 1.807) is 18.2 Å². The summed E-state index contributed by atoms with van der Waals surface area (Å²) in [5.41, 5.74) is 4.15. The van der Waals surface area contributed by atoms with Crippen LogP contribution in [0.1, 0.15) is 22.5 Å². The molecule has 1 aromatic heterocycles. The third kappa shape index (κ3) is 3.61. The van der Waals surface area contributed by atoms with Crippen molar-refractivity contribution >= 4 is 18.0 Å². The number of nitrogens with zero attached hydrogens (tertiary/aromatic N) is 2. The second-order valence-corrected chi connectivity index (χ2v) is 7.14.